The van der Waals surface area contributed by atoms with Gasteiger partial charge in [-0.25, -0.2) is 4.79 Å². The first-order chi connectivity index (χ1) is 7.60. The van der Waals surface area contributed by atoms with Crippen LogP contribution in [0.25, 0.3) is 6.08 Å². The number of aromatic hydroxyl groups is 1. The van der Waals surface area contributed by atoms with Crippen LogP contribution >= 0.6 is 0 Å². The molecule has 84 valence electrons. The van der Waals surface area contributed by atoms with Crippen molar-refractivity contribution in [3.05, 3.63) is 46.0 Å². The van der Waals surface area contributed by atoms with Gasteiger partial charge in [-0.2, -0.15) is 0 Å². The van der Waals surface area contributed by atoms with Crippen LogP contribution in [0.1, 0.15) is 30.0 Å². The van der Waals surface area contributed by atoms with E-state index in [1.54, 1.807) is 19.9 Å². The summed E-state index contributed by atoms with van der Waals surface area (Å²) in [4.78, 5) is 22.9. The molecule has 0 aliphatic rings. The van der Waals surface area contributed by atoms with E-state index in [0.29, 0.717) is 0 Å². The lowest BCUT2D eigenvalue weighted by atomic mass is 10.1. The SMILES string of the molecule is C/C=C/C(=O)c1c(O)cc(/C=C/C)oc1=O. The molecule has 0 bridgehead atoms. The minimum Gasteiger partial charge on any atom is -0.507 e. The molecule has 0 atom stereocenters. The first kappa shape index (κ1) is 12.0. The summed E-state index contributed by atoms with van der Waals surface area (Å²) in [6, 6.07) is 1.23. The predicted octanol–water partition coefficient (Wildman–Crippen LogP) is 2.14. The maximum Gasteiger partial charge on any atom is 0.351 e. The molecule has 1 heterocycles. The molecule has 0 spiro atoms. The standard InChI is InChI=1S/C12H12O4/c1-3-5-8-7-10(14)11(12(15)16-8)9(13)6-4-2/h3-7,14H,1-2H3/b5-3+,6-4+. The van der Waals surface area contributed by atoms with E-state index in [4.69, 9.17) is 4.42 Å². The number of rotatable bonds is 3. The van der Waals surface area contributed by atoms with E-state index < -0.39 is 11.4 Å². The largest absolute Gasteiger partial charge is 0.507 e. The molecule has 4 heteroatoms. The maximum atomic E-state index is 11.4. The quantitative estimate of drug-likeness (QED) is 0.626. The van der Waals surface area contributed by atoms with Gasteiger partial charge in [-0.3, -0.25) is 4.79 Å². The molecule has 4 nitrogen and oxygen atoms in total. The molecule has 0 aromatic carbocycles. The number of hydrogen-bond donors (Lipinski definition) is 1. The molecule has 0 radical (unpaired) electrons. The summed E-state index contributed by atoms with van der Waals surface area (Å²) in [7, 11) is 0. The number of carbonyl (C=O) groups is 1. The van der Waals surface area contributed by atoms with Crippen LogP contribution < -0.4 is 5.63 Å². The average molecular weight is 220 g/mol. The highest BCUT2D eigenvalue weighted by Gasteiger charge is 2.15. The Labute approximate surface area is 92.5 Å². The molecule has 0 aliphatic heterocycles. The van der Waals surface area contributed by atoms with E-state index in [0.717, 1.165) is 0 Å². The van der Waals surface area contributed by atoms with Gasteiger partial charge in [0.15, 0.2) is 5.78 Å². The summed E-state index contributed by atoms with van der Waals surface area (Å²) in [6.07, 6.45) is 5.86. The Morgan fingerprint density at radius 3 is 2.56 bits per heavy atom. The zero-order valence-corrected chi connectivity index (χ0v) is 9.06. The highest BCUT2D eigenvalue weighted by molar-refractivity contribution is 6.06. The second-order valence-corrected chi connectivity index (χ2v) is 3.06. The highest BCUT2D eigenvalue weighted by atomic mass is 16.4. The summed E-state index contributed by atoms with van der Waals surface area (Å²) >= 11 is 0. The van der Waals surface area contributed by atoms with Crippen LogP contribution in [0.15, 0.2) is 33.5 Å². The Hall–Kier alpha value is -2.10. The van der Waals surface area contributed by atoms with Crippen molar-refractivity contribution in [2.24, 2.45) is 0 Å². The number of ketones is 1. The van der Waals surface area contributed by atoms with Crippen molar-refractivity contribution in [3.63, 3.8) is 0 Å². The molecule has 1 rings (SSSR count). The molecule has 1 aromatic rings. The molecule has 0 amide bonds. The first-order valence-corrected chi connectivity index (χ1v) is 4.77. The second kappa shape index (κ2) is 5.11. The van der Waals surface area contributed by atoms with Gasteiger partial charge in [-0.1, -0.05) is 12.2 Å². The Morgan fingerprint density at radius 2 is 2.06 bits per heavy atom. The van der Waals surface area contributed by atoms with Crippen molar-refractivity contribution in [1.82, 2.24) is 0 Å². The van der Waals surface area contributed by atoms with E-state index in [2.05, 4.69) is 0 Å². The third kappa shape index (κ3) is 2.48. The van der Waals surface area contributed by atoms with Gasteiger partial charge in [0.25, 0.3) is 0 Å². The summed E-state index contributed by atoms with van der Waals surface area (Å²) in [6.45, 7) is 3.39. The Morgan fingerprint density at radius 1 is 1.38 bits per heavy atom. The van der Waals surface area contributed by atoms with Crippen molar-refractivity contribution >= 4 is 11.9 Å². The molecular formula is C12H12O4. The van der Waals surface area contributed by atoms with Crippen LogP contribution in [0, 0.1) is 0 Å². The fourth-order valence-electron chi connectivity index (χ4n) is 1.21. The smallest absolute Gasteiger partial charge is 0.351 e. The van der Waals surface area contributed by atoms with Crippen molar-refractivity contribution in [1.29, 1.82) is 0 Å². The first-order valence-electron chi connectivity index (χ1n) is 4.77. The van der Waals surface area contributed by atoms with Crippen LogP contribution in [0.3, 0.4) is 0 Å². The van der Waals surface area contributed by atoms with Crippen molar-refractivity contribution < 1.29 is 14.3 Å². The van der Waals surface area contributed by atoms with E-state index >= 15 is 0 Å². The maximum absolute atomic E-state index is 11.4. The zero-order chi connectivity index (χ0) is 12.1. The topological polar surface area (TPSA) is 67.5 Å². The van der Waals surface area contributed by atoms with Gasteiger partial charge < -0.3 is 9.52 Å². The Kier molecular flexibility index (Phi) is 3.83. The summed E-state index contributed by atoms with van der Waals surface area (Å²) in [5.74, 6) is -0.727. The fourth-order valence-corrected chi connectivity index (χ4v) is 1.21. The number of carbonyl (C=O) groups excluding carboxylic acids is 1. The summed E-state index contributed by atoms with van der Waals surface area (Å²) in [5.41, 5.74) is -1.18. The molecule has 0 saturated heterocycles. The lowest BCUT2D eigenvalue weighted by Crippen LogP contribution is -2.12. The monoisotopic (exact) mass is 220 g/mol. The third-order valence-corrected chi connectivity index (χ3v) is 1.85. The lowest BCUT2D eigenvalue weighted by molar-refractivity contribution is 0.104. The Balaban J connectivity index is 3.33. The van der Waals surface area contributed by atoms with Gasteiger partial charge in [0.05, 0.1) is 0 Å². The van der Waals surface area contributed by atoms with Crippen LogP contribution in [0.5, 0.6) is 5.75 Å². The van der Waals surface area contributed by atoms with Crippen molar-refractivity contribution in [2.75, 3.05) is 0 Å². The number of allylic oxidation sites excluding steroid dienone is 3. The molecule has 0 fully saturated rings. The molecule has 0 aliphatic carbocycles. The van der Waals surface area contributed by atoms with Gasteiger partial charge in [0, 0.05) is 6.07 Å². The molecule has 0 saturated carbocycles. The van der Waals surface area contributed by atoms with E-state index in [-0.39, 0.29) is 17.1 Å². The van der Waals surface area contributed by atoms with Crippen molar-refractivity contribution in [3.8, 4) is 5.75 Å². The van der Waals surface area contributed by atoms with E-state index in [1.807, 2.05) is 0 Å². The lowest BCUT2D eigenvalue weighted by Gasteiger charge is -1.99. The average Bonchev–Trinajstić information content (AvgIpc) is 2.17. The minimum atomic E-state index is -0.837. The molecule has 1 aromatic heterocycles. The summed E-state index contributed by atoms with van der Waals surface area (Å²) in [5, 5.41) is 9.55. The van der Waals surface area contributed by atoms with Gasteiger partial charge in [0.1, 0.15) is 17.1 Å². The van der Waals surface area contributed by atoms with Gasteiger partial charge in [-0.15, -0.1) is 0 Å². The van der Waals surface area contributed by atoms with Crippen molar-refractivity contribution in [2.45, 2.75) is 13.8 Å². The minimum absolute atomic E-state index is 0.210. The molecule has 1 N–H and O–H groups in total. The Bertz CT molecular complexity index is 506. The highest BCUT2D eigenvalue weighted by Crippen LogP contribution is 2.16. The zero-order valence-electron chi connectivity index (χ0n) is 9.06. The predicted molar refractivity (Wildman–Crippen MR) is 60.5 cm³/mol. The van der Waals surface area contributed by atoms with Gasteiger partial charge in [0.2, 0.25) is 0 Å². The number of hydrogen-bond acceptors (Lipinski definition) is 4. The second-order valence-electron chi connectivity index (χ2n) is 3.06. The molecule has 16 heavy (non-hydrogen) atoms. The van der Waals surface area contributed by atoms with Gasteiger partial charge in [-0.05, 0) is 26.0 Å². The molecular weight excluding hydrogens is 208 g/mol. The summed E-state index contributed by atoms with van der Waals surface area (Å²) < 4.78 is 4.84. The van der Waals surface area contributed by atoms with Crippen LogP contribution in [0.2, 0.25) is 0 Å². The van der Waals surface area contributed by atoms with Crippen LogP contribution in [-0.2, 0) is 0 Å². The van der Waals surface area contributed by atoms with E-state index in [1.165, 1.54) is 24.3 Å². The fraction of sp³-hybridized carbons (Fsp3) is 0.167. The normalized spacial score (nSPS) is 11.4. The van der Waals surface area contributed by atoms with E-state index in [9.17, 15) is 14.7 Å². The van der Waals surface area contributed by atoms with Crippen LogP contribution in [0.4, 0.5) is 0 Å². The van der Waals surface area contributed by atoms with Crippen LogP contribution in [-0.4, -0.2) is 10.9 Å². The molecule has 0 unspecified atom stereocenters. The van der Waals surface area contributed by atoms with Gasteiger partial charge >= 0.3 is 5.63 Å². The third-order valence-electron chi connectivity index (χ3n) is 1.85.